The fourth-order valence-electron chi connectivity index (χ4n) is 6.48. The van der Waals surface area contributed by atoms with Gasteiger partial charge >= 0.3 is 0 Å². The molecule has 0 aliphatic carbocycles. The van der Waals surface area contributed by atoms with Gasteiger partial charge in [0.2, 0.25) is 0 Å². The van der Waals surface area contributed by atoms with E-state index in [1.165, 1.54) is 64.7 Å². The molecule has 1 nitrogen and oxygen atoms in total. The Balaban J connectivity index is 1.28. The van der Waals surface area contributed by atoms with Gasteiger partial charge in [0, 0.05) is 31.3 Å². The standard InChI is InChI=1S/C38H22OS/c1-2-12-27-23(8-1)18-20-31-37-29(15-7-16-33(37)39-38(27)31)28-13-4-3-11-26(28)25-19-21-34-32(22-25)30-14-5-9-24-10-6-17-35(40-34)36(24)30/h1-22H. The maximum Gasteiger partial charge on any atom is 0.143 e. The minimum Gasteiger partial charge on any atom is -0.455 e. The van der Waals surface area contributed by atoms with Crippen LogP contribution in [0.15, 0.2) is 148 Å². The van der Waals surface area contributed by atoms with Gasteiger partial charge in [-0.1, -0.05) is 115 Å². The molecule has 0 radical (unpaired) electrons. The number of hydrogen-bond donors (Lipinski definition) is 0. The van der Waals surface area contributed by atoms with Gasteiger partial charge in [0.25, 0.3) is 0 Å². The third kappa shape index (κ3) is 3.11. The highest BCUT2D eigenvalue weighted by Gasteiger charge is 2.21. The van der Waals surface area contributed by atoms with Crippen LogP contribution < -0.4 is 0 Å². The summed E-state index contributed by atoms with van der Waals surface area (Å²) < 4.78 is 6.51. The molecule has 0 spiro atoms. The van der Waals surface area contributed by atoms with Crippen molar-refractivity contribution in [1.82, 2.24) is 0 Å². The quantitative estimate of drug-likeness (QED) is 0.222. The molecule has 0 N–H and O–H groups in total. The highest BCUT2D eigenvalue weighted by molar-refractivity contribution is 7.99. The van der Waals surface area contributed by atoms with Crippen molar-refractivity contribution in [2.45, 2.75) is 9.79 Å². The predicted octanol–water partition coefficient (Wildman–Crippen LogP) is 11.4. The first-order valence-electron chi connectivity index (χ1n) is 13.6. The lowest BCUT2D eigenvalue weighted by Gasteiger charge is -2.21. The average Bonchev–Trinajstić information content (AvgIpc) is 3.41. The molecule has 1 aliphatic rings. The van der Waals surface area contributed by atoms with Crippen molar-refractivity contribution in [3.63, 3.8) is 0 Å². The summed E-state index contributed by atoms with van der Waals surface area (Å²) in [6.45, 7) is 0. The van der Waals surface area contributed by atoms with Crippen LogP contribution in [0.2, 0.25) is 0 Å². The van der Waals surface area contributed by atoms with Crippen molar-refractivity contribution < 1.29 is 4.42 Å². The van der Waals surface area contributed by atoms with Crippen molar-refractivity contribution in [2.75, 3.05) is 0 Å². The fourth-order valence-corrected chi connectivity index (χ4v) is 7.61. The molecule has 1 aromatic heterocycles. The zero-order chi connectivity index (χ0) is 26.2. The second kappa shape index (κ2) is 8.35. The first-order chi connectivity index (χ1) is 19.8. The Labute approximate surface area is 235 Å². The van der Waals surface area contributed by atoms with E-state index in [0.717, 1.165) is 21.9 Å². The van der Waals surface area contributed by atoms with Gasteiger partial charge < -0.3 is 4.42 Å². The van der Waals surface area contributed by atoms with Crippen molar-refractivity contribution in [3.05, 3.63) is 133 Å². The van der Waals surface area contributed by atoms with Gasteiger partial charge in [0.1, 0.15) is 11.2 Å². The molecule has 186 valence electrons. The number of rotatable bonds is 2. The summed E-state index contributed by atoms with van der Waals surface area (Å²) in [7, 11) is 0. The highest BCUT2D eigenvalue weighted by atomic mass is 32.2. The molecule has 0 amide bonds. The van der Waals surface area contributed by atoms with Crippen molar-refractivity contribution in [3.8, 4) is 33.4 Å². The molecule has 0 bridgehead atoms. The molecule has 2 heteroatoms. The van der Waals surface area contributed by atoms with Crippen molar-refractivity contribution >= 4 is 55.2 Å². The summed E-state index contributed by atoms with van der Waals surface area (Å²) in [6, 6.07) is 48.3. The smallest absolute Gasteiger partial charge is 0.143 e. The van der Waals surface area contributed by atoms with E-state index in [4.69, 9.17) is 4.42 Å². The summed E-state index contributed by atoms with van der Waals surface area (Å²) in [6.07, 6.45) is 0. The van der Waals surface area contributed by atoms with Crippen LogP contribution in [0.25, 0.3) is 76.9 Å². The number of fused-ring (bicyclic) bond motifs is 7. The zero-order valence-electron chi connectivity index (χ0n) is 21.5. The monoisotopic (exact) mass is 526 g/mol. The minimum atomic E-state index is 0.920. The Hall–Kier alpha value is -4.79. The van der Waals surface area contributed by atoms with E-state index in [0.29, 0.717) is 0 Å². The Bertz CT molecular complexity index is 2300. The van der Waals surface area contributed by atoms with Crippen LogP contribution in [0.5, 0.6) is 0 Å². The normalized spacial score (nSPS) is 12.4. The molecule has 0 unspecified atom stereocenters. The summed E-state index contributed by atoms with van der Waals surface area (Å²) >= 11 is 1.87. The molecular weight excluding hydrogens is 504 g/mol. The second-order valence-electron chi connectivity index (χ2n) is 10.5. The molecule has 2 heterocycles. The Morgan fingerprint density at radius 1 is 0.425 bits per heavy atom. The maximum atomic E-state index is 6.51. The van der Waals surface area contributed by atoms with Gasteiger partial charge in [0.15, 0.2) is 0 Å². The summed E-state index contributed by atoms with van der Waals surface area (Å²) in [5.41, 5.74) is 9.36. The van der Waals surface area contributed by atoms with Gasteiger partial charge in [-0.3, -0.25) is 0 Å². The van der Waals surface area contributed by atoms with E-state index in [9.17, 15) is 0 Å². The molecular formula is C38H22OS. The van der Waals surface area contributed by atoms with E-state index in [1.54, 1.807) is 0 Å². The van der Waals surface area contributed by atoms with E-state index in [1.807, 2.05) is 11.8 Å². The SMILES string of the molecule is c1ccc(-c2cccc3oc4c5ccccc5ccc4c23)c(-c2ccc3c(c2)-c2cccc4cccc(c24)S3)c1. The van der Waals surface area contributed by atoms with E-state index < -0.39 is 0 Å². The Morgan fingerprint density at radius 3 is 2.08 bits per heavy atom. The second-order valence-corrected chi connectivity index (χ2v) is 11.5. The van der Waals surface area contributed by atoms with E-state index >= 15 is 0 Å². The third-order valence-corrected chi connectivity index (χ3v) is 9.41. The zero-order valence-corrected chi connectivity index (χ0v) is 22.3. The van der Waals surface area contributed by atoms with Gasteiger partial charge in [0.05, 0.1) is 0 Å². The predicted molar refractivity (Wildman–Crippen MR) is 169 cm³/mol. The van der Waals surface area contributed by atoms with Gasteiger partial charge in [-0.2, -0.15) is 0 Å². The molecule has 7 aromatic carbocycles. The minimum absolute atomic E-state index is 0.920. The van der Waals surface area contributed by atoms with Crippen LogP contribution in [-0.2, 0) is 0 Å². The van der Waals surface area contributed by atoms with Crippen LogP contribution in [0, 0.1) is 0 Å². The van der Waals surface area contributed by atoms with Gasteiger partial charge in [-0.25, -0.2) is 0 Å². The van der Waals surface area contributed by atoms with Gasteiger partial charge in [-0.15, -0.1) is 0 Å². The highest BCUT2D eigenvalue weighted by Crippen LogP contribution is 2.49. The average molecular weight is 527 g/mol. The lowest BCUT2D eigenvalue weighted by molar-refractivity contribution is 0.673. The molecule has 0 saturated heterocycles. The Kier molecular flexibility index (Phi) is 4.61. The summed E-state index contributed by atoms with van der Waals surface area (Å²) in [5, 5.41) is 7.32. The van der Waals surface area contributed by atoms with Crippen LogP contribution in [-0.4, -0.2) is 0 Å². The van der Waals surface area contributed by atoms with Crippen molar-refractivity contribution in [1.29, 1.82) is 0 Å². The third-order valence-electron chi connectivity index (χ3n) is 8.27. The molecule has 8 aromatic rings. The topological polar surface area (TPSA) is 13.1 Å². The molecule has 1 aliphatic heterocycles. The van der Waals surface area contributed by atoms with Crippen LogP contribution in [0.3, 0.4) is 0 Å². The fraction of sp³-hybridized carbons (Fsp3) is 0. The summed E-state index contributed by atoms with van der Waals surface area (Å²) in [4.78, 5) is 2.64. The van der Waals surface area contributed by atoms with Gasteiger partial charge in [-0.05, 0) is 74.5 Å². The van der Waals surface area contributed by atoms with Crippen LogP contribution >= 0.6 is 11.8 Å². The number of benzene rings is 7. The molecule has 0 atom stereocenters. The maximum absolute atomic E-state index is 6.51. The summed E-state index contributed by atoms with van der Waals surface area (Å²) in [5.74, 6) is 0. The Morgan fingerprint density at radius 2 is 1.15 bits per heavy atom. The van der Waals surface area contributed by atoms with E-state index in [-0.39, 0.29) is 0 Å². The first kappa shape index (κ1) is 22.1. The van der Waals surface area contributed by atoms with Crippen LogP contribution in [0.1, 0.15) is 0 Å². The largest absolute Gasteiger partial charge is 0.455 e. The molecule has 9 rings (SSSR count). The molecule has 0 saturated carbocycles. The lowest BCUT2D eigenvalue weighted by atomic mass is 9.89. The number of furan rings is 1. The first-order valence-corrected chi connectivity index (χ1v) is 14.4. The molecule has 40 heavy (non-hydrogen) atoms. The van der Waals surface area contributed by atoms with Crippen molar-refractivity contribution in [2.24, 2.45) is 0 Å². The van der Waals surface area contributed by atoms with E-state index in [2.05, 4.69) is 133 Å². The number of hydrogen-bond acceptors (Lipinski definition) is 2. The van der Waals surface area contributed by atoms with Crippen LogP contribution in [0.4, 0.5) is 0 Å². The lowest BCUT2D eigenvalue weighted by Crippen LogP contribution is -1.94. The molecule has 0 fully saturated rings.